The van der Waals surface area contributed by atoms with Crippen LogP contribution < -0.4 is 21.6 Å². The number of likely N-dealkylation sites (tertiary alicyclic amines) is 1. The standard InChI is InChI=1S/C30H36FN5O/c1-20(2)34(3)30(37)26-16-23(31)6-9-28(26)36-19-27(25-10-13-33-17-29(25)36)22-11-14-35(15-12-22)18-21-4-7-24(32)8-5-21/h4-10,16-17,19-20,22,33H,11-15,18,32H2,1-3H3. The highest BCUT2D eigenvalue weighted by Gasteiger charge is 2.26. The largest absolute Gasteiger partial charge is 0.399 e. The van der Waals surface area contributed by atoms with E-state index in [0.717, 1.165) is 50.1 Å². The molecule has 5 rings (SSSR count). The number of halogens is 1. The summed E-state index contributed by atoms with van der Waals surface area (Å²) in [6.45, 7) is 7.66. The van der Waals surface area contributed by atoms with Crippen LogP contribution in [0.25, 0.3) is 18.0 Å². The van der Waals surface area contributed by atoms with Crippen LogP contribution in [0.2, 0.25) is 0 Å². The van der Waals surface area contributed by atoms with Gasteiger partial charge in [0.1, 0.15) is 5.82 Å². The van der Waals surface area contributed by atoms with Gasteiger partial charge in [0.2, 0.25) is 0 Å². The first-order chi connectivity index (χ1) is 17.8. The number of nitrogen functional groups attached to an aromatic ring is 1. The highest BCUT2D eigenvalue weighted by molar-refractivity contribution is 5.98. The molecule has 0 bridgehead atoms. The first-order valence-electron chi connectivity index (χ1n) is 13.1. The summed E-state index contributed by atoms with van der Waals surface area (Å²) >= 11 is 0. The zero-order chi connectivity index (χ0) is 26.1. The van der Waals surface area contributed by atoms with Crippen LogP contribution in [-0.4, -0.2) is 53.0 Å². The lowest BCUT2D eigenvalue weighted by Gasteiger charge is -2.32. The summed E-state index contributed by atoms with van der Waals surface area (Å²) in [5.74, 6) is -0.164. The Kier molecular flexibility index (Phi) is 7.07. The summed E-state index contributed by atoms with van der Waals surface area (Å²) in [5.41, 5.74) is 10.3. The van der Waals surface area contributed by atoms with Crippen LogP contribution >= 0.6 is 0 Å². The zero-order valence-corrected chi connectivity index (χ0v) is 21.9. The minimum atomic E-state index is -0.410. The second-order valence-corrected chi connectivity index (χ2v) is 10.5. The molecule has 37 heavy (non-hydrogen) atoms. The number of anilines is 1. The molecule has 3 aromatic rings. The van der Waals surface area contributed by atoms with Crippen molar-refractivity contribution in [3.8, 4) is 5.69 Å². The molecule has 0 saturated carbocycles. The van der Waals surface area contributed by atoms with E-state index in [1.165, 1.54) is 28.5 Å². The molecule has 1 amide bonds. The molecule has 0 aliphatic carbocycles. The third-order valence-corrected chi connectivity index (χ3v) is 7.73. The molecule has 0 atom stereocenters. The molecule has 0 unspecified atom stereocenters. The van der Waals surface area contributed by atoms with Crippen molar-refractivity contribution < 1.29 is 9.18 Å². The van der Waals surface area contributed by atoms with Gasteiger partial charge in [0.25, 0.3) is 5.91 Å². The molecule has 2 aliphatic rings. The maximum absolute atomic E-state index is 14.3. The van der Waals surface area contributed by atoms with E-state index in [2.05, 4.69) is 39.2 Å². The minimum absolute atomic E-state index is 0.0118. The van der Waals surface area contributed by atoms with Crippen molar-refractivity contribution >= 4 is 23.9 Å². The number of benzene rings is 2. The molecule has 6 nitrogen and oxygen atoms in total. The average molecular weight is 502 g/mol. The van der Waals surface area contributed by atoms with Gasteiger partial charge in [-0.3, -0.25) is 9.69 Å². The highest BCUT2D eigenvalue weighted by atomic mass is 19.1. The molecule has 1 aromatic heterocycles. The Hall–Kier alpha value is -3.58. The van der Waals surface area contributed by atoms with Gasteiger partial charge in [0.05, 0.1) is 16.6 Å². The summed E-state index contributed by atoms with van der Waals surface area (Å²) in [4.78, 5) is 17.5. The van der Waals surface area contributed by atoms with Crippen molar-refractivity contribution in [1.29, 1.82) is 0 Å². The number of piperidine rings is 1. The van der Waals surface area contributed by atoms with Gasteiger partial charge in [-0.15, -0.1) is 0 Å². The van der Waals surface area contributed by atoms with Gasteiger partial charge in [0.15, 0.2) is 0 Å². The van der Waals surface area contributed by atoms with Gasteiger partial charge in [-0.05, 0) is 87.2 Å². The summed E-state index contributed by atoms with van der Waals surface area (Å²) < 4.78 is 16.4. The molecular weight excluding hydrogens is 465 g/mol. The number of carbonyl (C=O) groups excluding carboxylic acids is 1. The van der Waals surface area contributed by atoms with Crippen molar-refractivity contribution in [3.05, 3.63) is 81.7 Å². The number of fused-ring (bicyclic) bond motifs is 1. The Balaban J connectivity index is 1.45. The van der Waals surface area contributed by atoms with Gasteiger partial charge < -0.3 is 20.5 Å². The van der Waals surface area contributed by atoms with Gasteiger partial charge in [-0.1, -0.05) is 18.2 Å². The summed E-state index contributed by atoms with van der Waals surface area (Å²) in [6, 6.07) is 12.7. The molecule has 194 valence electrons. The second kappa shape index (κ2) is 10.4. The highest BCUT2D eigenvalue weighted by Crippen LogP contribution is 2.28. The second-order valence-electron chi connectivity index (χ2n) is 10.5. The van der Waals surface area contributed by atoms with E-state index >= 15 is 0 Å². The molecule has 0 spiro atoms. The Bertz CT molecular complexity index is 1400. The van der Waals surface area contributed by atoms with Gasteiger partial charge >= 0.3 is 0 Å². The smallest absolute Gasteiger partial charge is 0.256 e. The Morgan fingerprint density at radius 2 is 1.89 bits per heavy atom. The zero-order valence-electron chi connectivity index (χ0n) is 21.9. The quantitative estimate of drug-likeness (QED) is 0.510. The van der Waals surface area contributed by atoms with E-state index in [4.69, 9.17) is 5.73 Å². The van der Waals surface area contributed by atoms with Crippen molar-refractivity contribution in [2.75, 3.05) is 32.4 Å². The van der Waals surface area contributed by atoms with Gasteiger partial charge in [-0.25, -0.2) is 4.39 Å². The van der Waals surface area contributed by atoms with Crippen molar-refractivity contribution in [1.82, 2.24) is 19.7 Å². The van der Waals surface area contributed by atoms with E-state index in [-0.39, 0.29) is 11.9 Å². The maximum Gasteiger partial charge on any atom is 0.256 e. The van der Waals surface area contributed by atoms with E-state index < -0.39 is 5.82 Å². The Morgan fingerprint density at radius 3 is 2.59 bits per heavy atom. The van der Waals surface area contributed by atoms with E-state index in [1.54, 1.807) is 18.0 Å². The number of amides is 1. The van der Waals surface area contributed by atoms with Crippen molar-refractivity contribution in [2.45, 2.75) is 45.2 Å². The summed E-state index contributed by atoms with van der Waals surface area (Å²) in [6.07, 6.45) is 8.55. The van der Waals surface area contributed by atoms with Crippen LogP contribution in [0.3, 0.4) is 0 Å². The number of nitrogens with one attached hydrogen (secondary N) is 1. The monoisotopic (exact) mass is 501 g/mol. The molecule has 1 fully saturated rings. The van der Waals surface area contributed by atoms with Crippen molar-refractivity contribution in [2.24, 2.45) is 0 Å². The molecule has 3 N–H and O–H groups in total. The number of carbonyl (C=O) groups is 1. The summed E-state index contributed by atoms with van der Waals surface area (Å²) in [5, 5.41) is 5.55. The van der Waals surface area contributed by atoms with E-state index in [0.29, 0.717) is 17.2 Å². The fraction of sp³-hybridized carbons (Fsp3) is 0.367. The predicted octanol–water partition coefficient (Wildman–Crippen LogP) is 3.18. The number of rotatable bonds is 6. The molecule has 2 aromatic carbocycles. The summed E-state index contributed by atoms with van der Waals surface area (Å²) in [7, 11) is 1.76. The van der Waals surface area contributed by atoms with Crippen LogP contribution in [0.5, 0.6) is 0 Å². The van der Waals surface area contributed by atoms with Crippen LogP contribution in [-0.2, 0) is 6.54 Å². The van der Waals surface area contributed by atoms with Crippen molar-refractivity contribution in [3.63, 3.8) is 0 Å². The lowest BCUT2D eigenvalue weighted by Crippen LogP contribution is -2.39. The number of hydrogen-bond acceptors (Lipinski definition) is 4. The lowest BCUT2D eigenvalue weighted by atomic mass is 9.89. The number of nitrogens with zero attached hydrogens (tertiary/aromatic N) is 3. The number of aromatic nitrogens is 1. The molecule has 0 radical (unpaired) electrons. The maximum atomic E-state index is 14.3. The predicted molar refractivity (Wildman–Crippen MR) is 147 cm³/mol. The fourth-order valence-electron chi connectivity index (χ4n) is 5.36. The normalized spacial score (nSPS) is 16.0. The minimum Gasteiger partial charge on any atom is -0.399 e. The topological polar surface area (TPSA) is 66.5 Å². The fourth-order valence-corrected chi connectivity index (χ4v) is 5.36. The molecule has 1 saturated heterocycles. The molecule has 3 heterocycles. The third-order valence-electron chi connectivity index (χ3n) is 7.73. The first-order valence-corrected chi connectivity index (χ1v) is 13.1. The lowest BCUT2D eigenvalue weighted by molar-refractivity contribution is 0.0754. The van der Waals surface area contributed by atoms with Crippen LogP contribution in [0.15, 0.2) is 48.7 Å². The molecular formula is C30H36FN5O. The molecule has 2 aliphatic heterocycles. The van der Waals surface area contributed by atoms with Gasteiger partial charge in [-0.2, -0.15) is 0 Å². The van der Waals surface area contributed by atoms with Crippen LogP contribution in [0, 0.1) is 5.82 Å². The Labute approximate surface area is 217 Å². The van der Waals surface area contributed by atoms with Crippen LogP contribution in [0.1, 0.15) is 54.1 Å². The molecule has 7 heteroatoms. The van der Waals surface area contributed by atoms with E-state index in [1.807, 2.05) is 32.2 Å². The van der Waals surface area contributed by atoms with Gasteiger partial charge in [0, 0.05) is 49.5 Å². The average Bonchev–Trinajstić information content (AvgIpc) is 3.29. The third kappa shape index (κ3) is 5.14. The van der Waals surface area contributed by atoms with E-state index in [9.17, 15) is 9.18 Å². The number of nitrogens with two attached hydrogens (primary N) is 1. The SMILES string of the molecule is CC(C)N(C)C(=O)c1cc(F)ccc1-n1cc(C2CCN(Cc3ccc(N)cc3)CC2)c2c1=CNCC=2. The van der Waals surface area contributed by atoms with Crippen LogP contribution in [0.4, 0.5) is 10.1 Å². The first kappa shape index (κ1) is 25.1. The number of hydrogen-bond donors (Lipinski definition) is 2. The Morgan fingerprint density at radius 1 is 1.16 bits per heavy atom.